The van der Waals surface area contributed by atoms with Crippen molar-refractivity contribution in [2.24, 2.45) is 0 Å². The number of rotatable bonds is 6. The molecule has 8 heteroatoms. The maximum atomic E-state index is 13.0. The minimum atomic E-state index is -3.85. The third kappa shape index (κ3) is 4.91. The van der Waals surface area contributed by atoms with Gasteiger partial charge in [-0.15, -0.1) is 0 Å². The monoisotopic (exact) mass is 414 g/mol. The predicted molar refractivity (Wildman–Crippen MR) is 109 cm³/mol. The van der Waals surface area contributed by atoms with Crippen LogP contribution in [-0.2, 0) is 10.0 Å². The molecule has 0 aliphatic rings. The van der Waals surface area contributed by atoms with E-state index >= 15 is 0 Å². The molecule has 0 radical (unpaired) electrons. The highest BCUT2D eigenvalue weighted by molar-refractivity contribution is 7.92. The van der Waals surface area contributed by atoms with Gasteiger partial charge in [0.15, 0.2) is 0 Å². The van der Waals surface area contributed by atoms with Gasteiger partial charge in [0.2, 0.25) is 0 Å². The van der Waals surface area contributed by atoms with Gasteiger partial charge in [0, 0.05) is 11.3 Å². The van der Waals surface area contributed by atoms with E-state index in [1.165, 1.54) is 49.6 Å². The first-order valence-electron chi connectivity index (χ1n) is 8.63. The molecule has 0 fully saturated rings. The average molecular weight is 414 g/mol. The Balaban J connectivity index is 1.82. The number of anilines is 2. The molecule has 0 atom stereocenters. The Morgan fingerprint density at radius 3 is 2.24 bits per heavy atom. The summed E-state index contributed by atoms with van der Waals surface area (Å²) in [7, 11) is -2.35. The van der Waals surface area contributed by atoms with Gasteiger partial charge in [0.25, 0.3) is 15.9 Å². The number of aryl methyl sites for hydroxylation is 1. The van der Waals surface area contributed by atoms with Gasteiger partial charge in [-0.25, -0.2) is 12.8 Å². The Morgan fingerprint density at radius 2 is 1.62 bits per heavy atom. The SMILES string of the molecule is COc1ccc(S(=O)(=O)Nc2cc(C(=O)Nc3ccc(F)cc3)ccc2C)cc1. The number of halogens is 1. The number of amides is 1. The zero-order valence-corrected chi connectivity index (χ0v) is 16.6. The third-order valence-electron chi connectivity index (χ3n) is 4.22. The van der Waals surface area contributed by atoms with Crippen LogP contribution in [0.2, 0.25) is 0 Å². The van der Waals surface area contributed by atoms with Crippen LogP contribution in [0.3, 0.4) is 0 Å². The molecular weight excluding hydrogens is 395 g/mol. The molecule has 3 aromatic carbocycles. The molecule has 0 unspecified atom stereocenters. The van der Waals surface area contributed by atoms with Crippen LogP contribution in [0.4, 0.5) is 15.8 Å². The number of ether oxygens (including phenoxy) is 1. The Morgan fingerprint density at radius 1 is 0.966 bits per heavy atom. The maximum Gasteiger partial charge on any atom is 0.261 e. The molecule has 0 aromatic heterocycles. The highest BCUT2D eigenvalue weighted by atomic mass is 32.2. The minimum absolute atomic E-state index is 0.0684. The van der Waals surface area contributed by atoms with Crippen LogP contribution in [-0.4, -0.2) is 21.4 Å². The molecule has 2 N–H and O–H groups in total. The highest BCUT2D eigenvalue weighted by Crippen LogP contribution is 2.23. The van der Waals surface area contributed by atoms with Crippen molar-refractivity contribution in [1.29, 1.82) is 0 Å². The van der Waals surface area contributed by atoms with Gasteiger partial charge in [-0.2, -0.15) is 0 Å². The molecule has 0 bridgehead atoms. The van der Waals surface area contributed by atoms with Crippen molar-refractivity contribution in [1.82, 2.24) is 0 Å². The first kappa shape index (κ1) is 20.3. The average Bonchev–Trinajstić information content (AvgIpc) is 2.71. The van der Waals surface area contributed by atoms with E-state index in [1.54, 1.807) is 31.2 Å². The van der Waals surface area contributed by atoms with Gasteiger partial charge in [-0.05, 0) is 73.2 Å². The summed E-state index contributed by atoms with van der Waals surface area (Å²) in [6.45, 7) is 1.73. The lowest BCUT2D eigenvalue weighted by molar-refractivity contribution is 0.102. The molecule has 6 nitrogen and oxygen atoms in total. The number of hydrogen-bond donors (Lipinski definition) is 2. The number of sulfonamides is 1. The van der Waals surface area contributed by atoms with Crippen LogP contribution in [0.15, 0.2) is 71.6 Å². The molecule has 0 spiro atoms. The fourth-order valence-electron chi connectivity index (χ4n) is 2.57. The summed E-state index contributed by atoms with van der Waals surface area (Å²) < 4.78 is 45.9. The number of carbonyl (C=O) groups excluding carboxylic acids is 1. The van der Waals surface area contributed by atoms with E-state index in [0.29, 0.717) is 17.0 Å². The summed E-state index contributed by atoms with van der Waals surface area (Å²) in [6.07, 6.45) is 0. The Labute approximate surface area is 168 Å². The molecule has 1 amide bonds. The van der Waals surface area contributed by atoms with Crippen molar-refractivity contribution in [2.45, 2.75) is 11.8 Å². The molecule has 0 aliphatic carbocycles. The summed E-state index contributed by atoms with van der Waals surface area (Å²) >= 11 is 0. The Bertz CT molecular complexity index is 1130. The second kappa shape index (κ2) is 8.32. The zero-order chi connectivity index (χ0) is 21.0. The van der Waals surface area contributed by atoms with E-state index in [2.05, 4.69) is 10.0 Å². The maximum absolute atomic E-state index is 13.0. The smallest absolute Gasteiger partial charge is 0.261 e. The fraction of sp³-hybridized carbons (Fsp3) is 0.0952. The van der Waals surface area contributed by atoms with Gasteiger partial charge in [-0.1, -0.05) is 6.07 Å². The standard InChI is InChI=1S/C21H19FN2O4S/c1-14-3-4-15(21(25)23-17-7-5-16(22)6-8-17)13-20(14)24-29(26,27)19-11-9-18(28-2)10-12-19/h3-13,24H,1-2H3,(H,23,25). The number of hydrogen-bond acceptors (Lipinski definition) is 4. The summed E-state index contributed by atoms with van der Waals surface area (Å²) in [5.41, 5.74) is 1.62. The van der Waals surface area contributed by atoms with Gasteiger partial charge in [0.1, 0.15) is 11.6 Å². The lowest BCUT2D eigenvalue weighted by Gasteiger charge is -2.13. The van der Waals surface area contributed by atoms with Crippen molar-refractivity contribution >= 4 is 27.3 Å². The first-order valence-corrected chi connectivity index (χ1v) is 10.1. The summed E-state index contributed by atoms with van der Waals surface area (Å²) in [5, 5.41) is 2.64. The number of nitrogens with one attached hydrogen (secondary N) is 2. The van der Waals surface area contributed by atoms with Crippen molar-refractivity contribution in [3.63, 3.8) is 0 Å². The lowest BCUT2D eigenvalue weighted by Crippen LogP contribution is -2.16. The van der Waals surface area contributed by atoms with Crippen LogP contribution in [0.1, 0.15) is 15.9 Å². The number of carbonyl (C=O) groups is 1. The second-order valence-electron chi connectivity index (χ2n) is 6.27. The number of methoxy groups -OCH3 is 1. The molecular formula is C21H19FN2O4S. The van der Waals surface area contributed by atoms with Crippen molar-refractivity contribution in [3.05, 3.63) is 83.7 Å². The molecule has 150 valence electrons. The largest absolute Gasteiger partial charge is 0.497 e. The normalized spacial score (nSPS) is 11.0. The van der Waals surface area contributed by atoms with Crippen LogP contribution in [0.5, 0.6) is 5.75 Å². The van der Waals surface area contributed by atoms with Gasteiger partial charge < -0.3 is 10.1 Å². The quantitative estimate of drug-likeness (QED) is 0.633. The van der Waals surface area contributed by atoms with E-state index in [0.717, 1.165) is 0 Å². The van der Waals surface area contributed by atoms with Crippen LogP contribution in [0.25, 0.3) is 0 Å². The summed E-state index contributed by atoms with van der Waals surface area (Å²) in [4.78, 5) is 12.5. The summed E-state index contributed by atoms with van der Waals surface area (Å²) in [6, 6.07) is 16.0. The molecule has 0 heterocycles. The van der Waals surface area contributed by atoms with Crippen LogP contribution >= 0.6 is 0 Å². The van der Waals surface area contributed by atoms with E-state index in [4.69, 9.17) is 4.74 Å². The van der Waals surface area contributed by atoms with Crippen LogP contribution in [0, 0.1) is 12.7 Å². The molecule has 3 aromatic rings. The van der Waals surface area contributed by atoms with Crippen LogP contribution < -0.4 is 14.8 Å². The lowest BCUT2D eigenvalue weighted by atomic mass is 10.1. The summed E-state index contributed by atoms with van der Waals surface area (Å²) in [5.74, 6) is -0.311. The topological polar surface area (TPSA) is 84.5 Å². The molecule has 0 saturated heterocycles. The fourth-order valence-corrected chi connectivity index (χ4v) is 3.69. The van der Waals surface area contributed by atoms with Gasteiger partial charge >= 0.3 is 0 Å². The van der Waals surface area contributed by atoms with E-state index in [-0.39, 0.29) is 16.1 Å². The van der Waals surface area contributed by atoms with Crippen molar-refractivity contribution < 1.29 is 22.3 Å². The highest BCUT2D eigenvalue weighted by Gasteiger charge is 2.17. The van der Waals surface area contributed by atoms with Crippen molar-refractivity contribution in [3.8, 4) is 5.75 Å². The van der Waals surface area contributed by atoms with E-state index in [9.17, 15) is 17.6 Å². The molecule has 3 rings (SSSR count). The van der Waals surface area contributed by atoms with Crippen molar-refractivity contribution in [2.75, 3.05) is 17.1 Å². The first-order chi connectivity index (χ1) is 13.8. The Hall–Kier alpha value is -3.39. The molecule has 0 saturated carbocycles. The minimum Gasteiger partial charge on any atom is -0.497 e. The second-order valence-corrected chi connectivity index (χ2v) is 7.95. The number of benzene rings is 3. The van der Waals surface area contributed by atoms with Gasteiger partial charge in [0.05, 0.1) is 17.7 Å². The van der Waals surface area contributed by atoms with Gasteiger partial charge in [-0.3, -0.25) is 9.52 Å². The zero-order valence-electron chi connectivity index (χ0n) is 15.8. The Kier molecular flexibility index (Phi) is 5.84. The predicted octanol–water partition coefficient (Wildman–Crippen LogP) is 4.20. The molecule has 0 aliphatic heterocycles. The molecule has 29 heavy (non-hydrogen) atoms. The third-order valence-corrected chi connectivity index (χ3v) is 5.60. The van der Waals surface area contributed by atoms with E-state index < -0.39 is 21.7 Å². The van der Waals surface area contributed by atoms with E-state index in [1.807, 2.05) is 0 Å².